The molecule has 9 nitrogen and oxygen atoms in total. The number of nitrogens with zero attached hydrogens (tertiary/aromatic N) is 1. The average Bonchev–Trinajstić information content (AvgIpc) is 3.34. The molecule has 2 aromatic rings. The van der Waals surface area contributed by atoms with Crippen LogP contribution in [0, 0.1) is 0 Å². The van der Waals surface area contributed by atoms with E-state index in [1.807, 2.05) is 42.5 Å². The molecule has 2 saturated heterocycles. The van der Waals surface area contributed by atoms with E-state index in [1.54, 1.807) is 7.11 Å². The topological polar surface area (TPSA) is 98.7 Å². The molecule has 0 radical (unpaired) electrons. The van der Waals surface area contributed by atoms with Gasteiger partial charge in [-0.2, -0.15) is 0 Å². The van der Waals surface area contributed by atoms with E-state index in [0.717, 1.165) is 41.2 Å². The number of carbonyl (C=O) groups is 1. The van der Waals surface area contributed by atoms with E-state index in [1.165, 1.54) is 0 Å². The molecule has 3 aliphatic heterocycles. The number of carbonyl (C=O) groups excluding carboxylic acids is 1. The van der Waals surface area contributed by atoms with E-state index >= 15 is 0 Å². The summed E-state index contributed by atoms with van der Waals surface area (Å²) in [5, 5.41) is 13.4. The number of aliphatic hydroxyl groups is 1. The molecule has 0 aromatic heterocycles. The maximum Gasteiger partial charge on any atom is 0.231 e. The molecule has 194 valence electrons. The Balaban J connectivity index is 1.19. The molecular formula is C27H34N2O7. The maximum absolute atomic E-state index is 12.7. The minimum atomic E-state index is -0.571. The zero-order valence-electron chi connectivity index (χ0n) is 20.6. The van der Waals surface area contributed by atoms with Gasteiger partial charge in [0.2, 0.25) is 12.7 Å². The lowest BCUT2D eigenvalue weighted by Gasteiger charge is -2.44. The number of aliphatic hydroxyl groups excluding tert-OH is 1. The predicted molar refractivity (Wildman–Crippen MR) is 131 cm³/mol. The van der Waals surface area contributed by atoms with Gasteiger partial charge >= 0.3 is 0 Å². The van der Waals surface area contributed by atoms with E-state index < -0.39 is 6.10 Å². The van der Waals surface area contributed by atoms with Crippen molar-refractivity contribution in [1.29, 1.82) is 0 Å². The zero-order chi connectivity index (χ0) is 24.9. The lowest BCUT2D eigenvalue weighted by atomic mass is 9.94. The van der Waals surface area contributed by atoms with Crippen molar-refractivity contribution in [2.24, 2.45) is 0 Å². The van der Waals surface area contributed by atoms with Gasteiger partial charge in [-0.3, -0.25) is 9.69 Å². The summed E-state index contributed by atoms with van der Waals surface area (Å²) in [5.41, 5.74) is 2.02. The summed E-state index contributed by atoms with van der Waals surface area (Å²) in [6.45, 7) is 2.44. The quantitative estimate of drug-likeness (QED) is 0.600. The van der Waals surface area contributed by atoms with Crippen molar-refractivity contribution < 1.29 is 33.6 Å². The van der Waals surface area contributed by atoms with E-state index in [9.17, 15) is 9.90 Å². The standard InChI is InChI=1S/C27H34N2O7/c1-32-23-5-3-2-4-19(23)12-28-27(31)11-21-7-8-22-26(36-21)16-33-15-20(30)14-29(22)13-18-6-9-24-25(10-18)35-17-34-24/h2-6,9-10,20-22,26,30H,7-8,11-17H2,1H3,(H,28,31)/t20-,21+,22-,26+/m1/s1. The fraction of sp³-hybridized carbons (Fsp3) is 0.519. The molecule has 9 heteroatoms. The second-order valence-electron chi connectivity index (χ2n) is 9.54. The smallest absolute Gasteiger partial charge is 0.231 e. The Hall–Kier alpha value is -2.85. The summed E-state index contributed by atoms with van der Waals surface area (Å²) in [4.78, 5) is 15.0. The highest BCUT2D eigenvalue weighted by Gasteiger charge is 2.38. The Morgan fingerprint density at radius 3 is 2.89 bits per heavy atom. The van der Waals surface area contributed by atoms with Crippen LogP contribution in [-0.2, 0) is 27.4 Å². The number of amides is 1. The molecule has 0 bridgehead atoms. The van der Waals surface area contributed by atoms with Crippen molar-refractivity contribution in [3.8, 4) is 17.2 Å². The largest absolute Gasteiger partial charge is 0.496 e. The van der Waals surface area contributed by atoms with Crippen LogP contribution in [0.15, 0.2) is 42.5 Å². The Morgan fingerprint density at radius 2 is 2.00 bits per heavy atom. The Morgan fingerprint density at radius 1 is 1.14 bits per heavy atom. The van der Waals surface area contributed by atoms with Gasteiger partial charge in [0, 0.05) is 31.2 Å². The van der Waals surface area contributed by atoms with Gasteiger partial charge in [0.1, 0.15) is 5.75 Å². The minimum absolute atomic E-state index is 0.0521. The number of rotatable bonds is 7. The fourth-order valence-corrected chi connectivity index (χ4v) is 5.22. The van der Waals surface area contributed by atoms with Crippen molar-refractivity contribution in [3.05, 3.63) is 53.6 Å². The number of para-hydroxylation sites is 1. The van der Waals surface area contributed by atoms with Gasteiger partial charge < -0.3 is 34.1 Å². The summed E-state index contributed by atoms with van der Waals surface area (Å²) < 4.78 is 28.5. The first-order chi connectivity index (χ1) is 17.6. The molecule has 1 amide bonds. The summed E-state index contributed by atoms with van der Waals surface area (Å²) >= 11 is 0. The number of methoxy groups -OCH3 is 1. The van der Waals surface area contributed by atoms with Gasteiger partial charge in [0.05, 0.1) is 45.1 Å². The van der Waals surface area contributed by atoms with Crippen molar-refractivity contribution in [1.82, 2.24) is 10.2 Å². The van der Waals surface area contributed by atoms with Gasteiger partial charge in [-0.15, -0.1) is 0 Å². The normalized spacial score (nSPS) is 25.9. The molecule has 0 unspecified atom stereocenters. The van der Waals surface area contributed by atoms with Gasteiger partial charge in [-0.25, -0.2) is 0 Å². The number of benzene rings is 2. The summed E-state index contributed by atoms with van der Waals surface area (Å²) in [6.07, 6.45) is 0.991. The summed E-state index contributed by atoms with van der Waals surface area (Å²) in [5.74, 6) is 2.21. The predicted octanol–water partition coefficient (Wildman–Crippen LogP) is 2.24. The molecule has 2 aromatic carbocycles. The molecule has 0 spiro atoms. The molecule has 36 heavy (non-hydrogen) atoms. The molecule has 3 heterocycles. The van der Waals surface area contributed by atoms with Crippen LogP contribution in [0.5, 0.6) is 17.2 Å². The zero-order valence-corrected chi connectivity index (χ0v) is 20.6. The Bertz CT molecular complexity index is 1050. The van der Waals surface area contributed by atoms with Crippen LogP contribution in [0.4, 0.5) is 0 Å². The second-order valence-corrected chi connectivity index (χ2v) is 9.54. The molecule has 2 fully saturated rings. The third kappa shape index (κ3) is 5.92. The van der Waals surface area contributed by atoms with Crippen LogP contribution in [0.3, 0.4) is 0 Å². The maximum atomic E-state index is 12.7. The Labute approximate surface area is 211 Å². The second kappa shape index (κ2) is 11.5. The van der Waals surface area contributed by atoms with Crippen LogP contribution in [0.2, 0.25) is 0 Å². The number of hydrogen-bond donors (Lipinski definition) is 2. The number of hydrogen-bond acceptors (Lipinski definition) is 8. The third-order valence-electron chi connectivity index (χ3n) is 6.99. The van der Waals surface area contributed by atoms with Crippen molar-refractivity contribution in [2.75, 3.05) is 33.7 Å². The molecule has 2 N–H and O–H groups in total. The average molecular weight is 499 g/mol. The van der Waals surface area contributed by atoms with Gasteiger partial charge in [0.15, 0.2) is 11.5 Å². The molecule has 3 aliphatic rings. The van der Waals surface area contributed by atoms with E-state index in [-0.39, 0.29) is 37.6 Å². The Kier molecular flexibility index (Phi) is 7.91. The summed E-state index contributed by atoms with van der Waals surface area (Å²) in [6, 6.07) is 13.7. The van der Waals surface area contributed by atoms with Crippen molar-refractivity contribution in [2.45, 2.75) is 56.7 Å². The molecule has 5 rings (SSSR count). The van der Waals surface area contributed by atoms with Gasteiger partial charge in [-0.1, -0.05) is 24.3 Å². The highest BCUT2D eigenvalue weighted by atomic mass is 16.7. The van der Waals surface area contributed by atoms with Crippen molar-refractivity contribution >= 4 is 5.91 Å². The lowest BCUT2D eigenvalue weighted by molar-refractivity contribution is -0.158. The van der Waals surface area contributed by atoms with Crippen LogP contribution in [0.25, 0.3) is 0 Å². The first-order valence-corrected chi connectivity index (χ1v) is 12.5. The molecule has 4 atom stereocenters. The number of ether oxygens (including phenoxy) is 5. The van der Waals surface area contributed by atoms with Crippen LogP contribution in [-0.4, -0.2) is 73.9 Å². The van der Waals surface area contributed by atoms with Crippen LogP contribution in [0.1, 0.15) is 30.4 Å². The minimum Gasteiger partial charge on any atom is -0.496 e. The highest BCUT2D eigenvalue weighted by molar-refractivity contribution is 5.76. The van der Waals surface area contributed by atoms with E-state index in [0.29, 0.717) is 32.7 Å². The summed E-state index contributed by atoms with van der Waals surface area (Å²) in [7, 11) is 1.62. The lowest BCUT2D eigenvalue weighted by Crippen LogP contribution is -2.55. The van der Waals surface area contributed by atoms with Crippen LogP contribution >= 0.6 is 0 Å². The monoisotopic (exact) mass is 498 g/mol. The number of β-amino-alcohol motifs (C(OH)–C–C–N with tert-alkyl or cyclic N) is 1. The van der Waals surface area contributed by atoms with Gasteiger partial charge in [-0.05, 0) is 36.6 Å². The van der Waals surface area contributed by atoms with E-state index in [2.05, 4.69) is 10.2 Å². The SMILES string of the molecule is COc1ccccc1CNC(=O)C[C@@H]1CC[C@@H]2[C@H](COC[C@H](O)CN2Cc2ccc3c(c2)OCO3)O1. The van der Waals surface area contributed by atoms with Crippen molar-refractivity contribution in [3.63, 3.8) is 0 Å². The third-order valence-corrected chi connectivity index (χ3v) is 6.99. The molecule has 0 saturated carbocycles. The number of fused-ring (bicyclic) bond motifs is 2. The fourth-order valence-electron chi connectivity index (χ4n) is 5.22. The number of nitrogens with one attached hydrogen (secondary N) is 1. The molecule has 0 aliphatic carbocycles. The van der Waals surface area contributed by atoms with Gasteiger partial charge in [0.25, 0.3) is 0 Å². The highest BCUT2D eigenvalue weighted by Crippen LogP contribution is 2.34. The van der Waals surface area contributed by atoms with Crippen LogP contribution < -0.4 is 19.5 Å². The first kappa shape index (κ1) is 24.8. The van der Waals surface area contributed by atoms with E-state index in [4.69, 9.17) is 23.7 Å². The molecular weight excluding hydrogens is 464 g/mol. The first-order valence-electron chi connectivity index (χ1n) is 12.5.